The van der Waals surface area contributed by atoms with E-state index < -0.39 is 22.2 Å². The molecule has 0 aliphatic heterocycles. The third-order valence-corrected chi connectivity index (χ3v) is 19.5. The number of benzene rings is 12. The molecule has 0 bridgehead atoms. The predicted molar refractivity (Wildman–Crippen MR) is 407 cm³/mol. The molecule has 0 aliphatic rings. The van der Waals surface area contributed by atoms with Gasteiger partial charge in [-0.05, 0) is 68.8 Å². The van der Waals surface area contributed by atoms with Crippen LogP contribution in [-0.4, -0.2) is 38.2 Å². The Labute approximate surface area is 604 Å². The molecule has 0 radical (unpaired) electrons. The molecule has 16 aromatic rings. The first-order valence-corrected chi connectivity index (χ1v) is 34.2. The lowest BCUT2D eigenvalue weighted by molar-refractivity contribution is 0.515. The number of hydrogen-bond donors (Lipinski definition) is 0. The van der Waals surface area contributed by atoms with Crippen molar-refractivity contribution in [3.8, 4) is 0 Å². The zero-order valence-electron chi connectivity index (χ0n) is 54.3. The van der Waals surface area contributed by atoms with Crippen molar-refractivity contribution < 1.29 is 0 Å². The molecular formula is C88H68Cl4N8. The van der Waals surface area contributed by atoms with Gasteiger partial charge in [0.1, 0.15) is 22.2 Å². The van der Waals surface area contributed by atoms with E-state index in [2.05, 4.69) is 257 Å². The van der Waals surface area contributed by atoms with Crippen LogP contribution in [0.2, 0.25) is 20.1 Å². The first-order chi connectivity index (χ1) is 49.3. The van der Waals surface area contributed by atoms with Gasteiger partial charge in [0.05, 0.1) is 25.3 Å². The number of hydrogen-bond acceptors (Lipinski definition) is 4. The number of imidazole rings is 4. The summed E-state index contributed by atoms with van der Waals surface area (Å²) in [5.74, 6) is 0. The summed E-state index contributed by atoms with van der Waals surface area (Å²) >= 11 is 26.8. The van der Waals surface area contributed by atoms with Gasteiger partial charge in [-0.2, -0.15) is 0 Å². The lowest BCUT2D eigenvalue weighted by Crippen LogP contribution is -2.37. The van der Waals surface area contributed by atoms with Gasteiger partial charge in [0.2, 0.25) is 0 Å². The highest BCUT2D eigenvalue weighted by molar-refractivity contribution is 6.32. The summed E-state index contributed by atoms with van der Waals surface area (Å²) in [5.41, 5.74) is 10.8. The lowest BCUT2D eigenvalue weighted by Gasteiger charge is -2.37. The molecule has 100 heavy (non-hydrogen) atoms. The first kappa shape index (κ1) is 67.2. The van der Waals surface area contributed by atoms with E-state index in [0.29, 0.717) is 0 Å². The maximum atomic E-state index is 6.69. The summed E-state index contributed by atoms with van der Waals surface area (Å²) in [4.78, 5) is 17.3. The molecular weight excluding hydrogens is 1310 g/mol. The van der Waals surface area contributed by atoms with E-state index in [-0.39, 0.29) is 0 Å². The Bertz CT molecular complexity index is 4280. The molecule has 0 fully saturated rings. The summed E-state index contributed by atoms with van der Waals surface area (Å²) in [6.45, 7) is 0. The van der Waals surface area contributed by atoms with Crippen molar-refractivity contribution in [2.24, 2.45) is 0 Å². The van der Waals surface area contributed by atoms with Crippen molar-refractivity contribution in [1.29, 1.82) is 0 Å². The topological polar surface area (TPSA) is 71.3 Å². The second-order valence-electron chi connectivity index (χ2n) is 23.6. The molecule has 0 saturated carbocycles. The summed E-state index contributed by atoms with van der Waals surface area (Å²) in [7, 11) is 0. The van der Waals surface area contributed by atoms with Gasteiger partial charge in [0.25, 0.3) is 0 Å². The largest absolute Gasteiger partial charge is 0.319 e. The van der Waals surface area contributed by atoms with Gasteiger partial charge in [-0.15, -0.1) is 0 Å². The van der Waals surface area contributed by atoms with Crippen molar-refractivity contribution >= 4 is 46.4 Å². The zero-order chi connectivity index (χ0) is 68.5. The fourth-order valence-electron chi connectivity index (χ4n) is 13.9. The highest BCUT2D eigenvalue weighted by atomic mass is 35.5. The van der Waals surface area contributed by atoms with Gasteiger partial charge in [-0.25, -0.2) is 19.9 Å². The van der Waals surface area contributed by atoms with Crippen molar-refractivity contribution in [1.82, 2.24) is 38.2 Å². The van der Waals surface area contributed by atoms with E-state index in [9.17, 15) is 0 Å². The van der Waals surface area contributed by atoms with Crippen LogP contribution in [0.4, 0.5) is 0 Å². The summed E-state index contributed by atoms with van der Waals surface area (Å²) in [6.07, 6.45) is 22.6. The van der Waals surface area contributed by atoms with Gasteiger partial charge < -0.3 is 18.3 Å². The van der Waals surface area contributed by atoms with Crippen LogP contribution in [0.15, 0.2) is 415 Å². The highest BCUT2D eigenvalue weighted by Crippen LogP contribution is 2.48. The van der Waals surface area contributed by atoms with Crippen molar-refractivity contribution in [3.63, 3.8) is 0 Å². The molecule has 4 aromatic heterocycles. The van der Waals surface area contributed by atoms with Crippen LogP contribution in [0.5, 0.6) is 0 Å². The molecule has 0 saturated heterocycles. The van der Waals surface area contributed by atoms with E-state index in [4.69, 9.17) is 46.4 Å². The fourth-order valence-corrected chi connectivity index (χ4v) is 15.0. The van der Waals surface area contributed by atoms with Gasteiger partial charge in [0.15, 0.2) is 0 Å². The van der Waals surface area contributed by atoms with Gasteiger partial charge in [-0.1, -0.05) is 362 Å². The minimum absolute atomic E-state index is 0.586. The van der Waals surface area contributed by atoms with Gasteiger partial charge in [0, 0.05) is 91.9 Å². The molecule has 0 N–H and O–H groups in total. The zero-order valence-corrected chi connectivity index (χ0v) is 57.4. The standard InChI is InChI=1S/4C22H17ClN2/c4*23-21-14-8-7-13-20(21)22(25-16-15-24-17-25,18-9-3-1-4-10-18)19-11-5-2-6-12-19/h4*1-17H. The van der Waals surface area contributed by atoms with E-state index in [1.165, 1.54) is 0 Å². The smallest absolute Gasteiger partial charge is 0.123 e. The second-order valence-corrected chi connectivity index (χ2v) is 25.2. The van der Waals surface area contributed by atoms with Gasteiger partial charge in [-0.3, -0.25) is 0 Å². The molecule has 12 aromatic carbocycles. The predicted octanol–water partition coefficient (Wildman–Crippen LogP) is 21.5. The van der Waals surface area contributed by atoms with E-state index in [1.807, 2.05) is 171 Å². The van der Waals surface area contributed by atoms with E-state index >= 15 is 0 Å². The Kier molecular flexibility index (Phi) is 21.1. The molecule has 0 unspecified atom stereocenters. The number of rotatable bonds is 16. The summed E-state index contributed by atoms with van der Waals surface area (Å²) in [5, 5.41) is 2.90. The molecule has 0 aliphatic carbocycles. The van der Waals surface area contributed by atoms with Crippen molar-refractivity contribution in [2.75, 3.05) is 0 Å². The Hall–Kier alpha value is -11.4. The van der Waals surface area contributed by atoms with Crippen LogP contribution in [0.25, 0.3) is 0 Å². The average molecular weight is 1380 g/mol. The lowest BCUT2D eigenvalue weighted by atomic mass is 9.76. The van der Waals surface area contributed by atoms with E-state index in [1.54, 1.807) is 24.8 Å². The van der Waals surface area contributed by atoms with Crippen LogP contribution >= 0.6 is 46.4 Å². The SMILES string of the molecule is Clc1ccccc1C(c1ccccc1)(c1ccccc1)n1ccnc1.Clc1ccccc1C(c1ccccc1)(c1ccccc1)n1ccnc1.Clc1ccccc1C(c1ccccc1)(c1ccccc1)n1ccnc1.Clc1ccccc1C(c1ccccc1)(c1ccccc1)n1ccnc1. The molecule has 4 heterocycles. The van der Waals surface area contributed by atoms with E-state index in [0.717, 1.165) is 86.9 Å². The Balaban J connectivity index is 0.000000119. The molecule has 16 rings (SSSR count). The molecule has 0 amide bonds. The molecule has 488 valence electrons. The monoisotopic (exact) mass is 1380 g/mol. The van der Waals surface area contributed by atoms with Crippen LogP contribution in [0.3, 0.4) is 0 Å². The minimum atomic E-state index is -0.586. The average Bonchev–Trinajstić information content (AvgIpc) is 1.17. The maximum Gasteiger partial charge on any atom is 0.123 e. The van der Waals surface area contributed by atoms with Crippen LogP contribution in [0, 0.1) is 0 Å². The van der Waals surface area contributed by atoms with Gasteiger partial charge >= 0.3 is 0 Å². The third kappa shape index (κ3) is 13.1. The highest BCUT2D eigenvalue weighted by Gasteiger charge is 2.43. The normalized spacial score (nSPS) is 11.4. The Morgan fingerprint density at radius 2 is 0.320 bits per heavy atom. The fraction of sp³-hybridized carbons (Fsp3) is 0.0455. The molecule has 8 nitrogen and oxygen atoms in total. The van der Waals surface area contributed by atoms with Crippen LogP contribution in [0.1, 0.15) is 66.8 Å². The maximum absolute atomic E-state index is 6.69. The molecule has 0 atom stereocenters. The Morgan fingerprint density at radius 3 is 0.450 bits per heavy atom. The van der Waals surface area contributed by atoms with Crippen LogP contribution < -0.4 is 0 Å². The quantitative estimate of drug-likeness (QED) is 0.0904. The van der Waals surface area contributed by atoms with Crippen LogP contribution in [-0.2, 0) is 22.2 Å². The number of nitrogens with zero attached hydrogens (tertiary/aromatic N) is 8. The van der Waals surface area contributed by atoms with Crippen molar-refractivity contribution in [3.05, 3.63) is 501 Å². The Morgan fingerprint density at radius 1 is 0.180 bits per heavy atom. The number of halogens is 4. The number of aromatic nitrogens is 8. The molecule has 12 heteroatoms. The first-order valence-electron chi connectivity index (χ1n) is 32.7. The summed E-state index contributed by atoms with van der Waals surface area (Å²) < 4.78 is 8.50. The third-order valence-electron chi connectivity index (χ3n) is 18.2. The molecule has 0 spiro atoms. The minimum Gasteiger partial charge on any atom is -0.319 e. The summed E-state index contributed by atoms with van der Waals surface area (Å²) in [6, 6.07) is 115. The second kappa shape index (κ2) is 31.4. The van der Waals surface area contributed by atoms with Crippen molar-refractivity contribution in [2.45, 2.75) is 22.2 Å².